The molecule has 0 spiro atoms. The highest BCUT2D eigenvalue weighted by molar-refractivity contribution is 6.32. The van der Waals surface area contributed by atoms with Crippen molar-refractivity contribution in [3.63, 3.8) is 0 Å². The van der Waals surface area contributed by atoms with Crippen molar-refractivity contribution in [2.24, 2.45) is 5.92 Å². The Labute approximate surface area is 111 Å². The first-order chi connectivity index (χ1) is 8.38. The van der Waals surface area contributed by atoms with Crippen molar-refractivity contribution in [2.45, 2.75) is 39.8 Å². The number of ether oxygens (including phenoxy) is 1. The van der Waals surface area contributed by atoms with Gasteiger partial charge in [0.15, 0.2) is 0 Å². The SMILES string of the molecule is CC(C)CC(C)Nc1ccc(OC(F)F)c(Cl)c1. The van der Waals surface area contributed by atoms with E-state index in [2.05, 4.69) is 30.8 Å². The molecule has 102 valence electrons. The molecule has 1 rings (SSSR count). The highest BCUT2D eigenvalue weighted by atomic mass is 35.5. The molecule has 5 heteroatoms. The maximum Gasteiger partial charge on any atom is 0.387 e. The summed E-state index contributed by atoms with van der Waals surface area (Å²) in [5, 5.41) is 3.44. The molecule has 0 aliphatic heterocycles. The van der Waals surface area contributed by atoms with Crippen LogP contribution in [0.2, 0.25) is 5.02 Å². The maximum atomic E-state index is 12.1. The summed E-state index contributed by atoms with van der Waals surface area (Å²) in [6.45, 7) is 3.49. The van der Waals surface area contributed by atoms with Crippen LogP contribution < -0.4 is 10.1 Å². The van der Waals surface area contributed by atoms with Gasteiger partial charge in [-0.3, -0.25) is 0 Å². The molecule has 0 saturated heterocycles. The lowest BCUT2D eigenvalue weighted by Gasteiger charge is -2.18. The summed E-state index contributed by atoms with van der Waals surface area (Å²) in [7, 11) is 0. The maximum absolute atomic E-state index is 12.1. The number of halogens is 3. The number of hydrogen-bond donors (Lipinski definition) is 1. The van der Waals surface area contributed by atoms with Gasteiger partial charge < -0.3 is 10.1 Å². The van der Waals surface area contributed by atoms with E-state index in [0.29, 0.717) is 12.0 Å². The summed E-state index contributed by atoms with van der Waals surface area (Å²) in [6, 6.07) is 5.01. The van der Waals surface area contributed by atoms with Crippen molar-refractivity contribution >= 4 is 17.3 Å². The topological polar surface area (TPSA) is 21.3 Å². The van der Waals surface area contributed by atoms with Gasteiger partial charge in [-0.1, -0.05) is 25.4 Å². The Hall–Kier alpha value is -1.03. The summed E-state index contributed by atoms with van der Waals surface area (Å²) in [4.78, 5) is 0. The molecule has 0 saturated carbocycles. The van der Waals surface area contributed by atoms with Gasteiger partial charge >= 0.3 is 6.61 Å². The molecule has 0 radical (unpaired) electrons. The van der Waals surface area contributed by atoms with Gasteiger partial charge in [-0.25, -0.2) is 0 Å². The van der Waals surface area contributed by atoms with E-state index in [1.54, 1.807) is 12.1 Å². The fourth-order valence-electron chi connectivity index (χ4n) is 1.83. The average Bonchev–Trinajstić information content (AvgIpc) is 2.20. The summed E-state index contributed by atoms with van der Waals surface area (Å²) in [5.41, 5.74) is 0.801. The Morgan fingerprint density at radius 3 is 2.44 bits per heavy atom. The second-order valence-corrected chi connectivity index (χ2v) is 5.11. The fraction of sp³-hybridized carbons (Fsp3) is 0.538. The van der Waals surface area contributed by atoms with Gasteiger partial charge in [-0.05, 0) is 37.5 Å². The Morgan fingerprint density at radius 2 is 1.94 bits per heavy atom. The van der Waals surface area contributed by atoms with Crippen LogP contribution in [-0.4, -0.2) is 12.7 Å². The van der Waals surface area contributed by atoms with Crippen LogP contribution >= 0.6 is 11.6 Å². The van der Waals surface area contributed by atoms with Crippen LogP contribution in [0.3, 0.4) is 0 Å². The molecular formula is C13H18ClF2NO. The van der Waals surface area contributed by atoms with E-state index in [0.717, 1.165) is 12.1 Å². The second kappa shape index (κ2) is 6.78. The molecule has 1 aromatic rings. The standard InChI is InChI=1S/C13H18ClF2NO/c1-8(2)6-9(3)17-10-4-5-12(11(14)7-10)18-13(15)16/h4-5,7-9,13,17H,6H2,1-3H3. The van der Waals surface area contributed by atoms with Crippen molar-refractivity contribution in [1.29, 1.82) is 0 Å². The van der Waals surface area contributed by atoms with Crippen LogP contribution in [0.5, 0.6) is 5.75 Å². The molecule has 0 heterocycles. The molecule has 18 heavy (non-hydrogen) atoms. The third kappa shape index (κ3) is 5.08. The smallest absolute Gasteiger partial charge is 0.387 e. The molecule has 0 amide bonds. The van der Waals surface area contributed by atoms with Crippen LogP contribution in [0.15, 0.2) is 18.2 Å². The third-order valence-corrected chi connectivity index (χ3v) is 2.68. The lowest BCUT2D eigenvalue weighted by molar-refractivity contribution is -0.0497. The van der Waals surface area contributed by atoms with E-state index in [1.807, 2.05) is 0 Å². The van der Waals surface area contributed by atoms with Gasteiger partial charge in [0.25, 0.3) is 0 Å². The van der Waals surface area contributed by atoms with Gasteiger partial charge in [0, 0.05) is 11.7 Å². The Balaban J connectivity index is 2.66. The van der Waals surface area contributed by atoms with E-state index in [-0.39, 0.29) is 10.8 Å². The minimum atomic E-state index is -2.86. The van der Waals surface area contributed by atoms with E-state index in [4.69, 9.17) is 11.6 Å². The van der Waals surface area contributed by atoms with Crippen molar-refractivity contribution in [2.75, 3.05) is 5.32 Å². The van der Waals surface area contributed by atoms with Crippen LogP contribution in [0.4, 0.5) is 14.5 Å². The predicted octanol–water partition coefficient (Wildman–Crippen LogP) is 4.79. The number of hydrogen-bond acceptors (Lipinski definition) is 2. The molecule has 2 nitrogen and oxygen atoms in total. The van der Waals surface area contributed by atoms with E-state index in [1.165, 1.54) is 6.07 Å². The largest absolute Gasteiger partial charge is 0.433 e. The molecule has 0 fully saturated rings. The van der Waals surface area contributed by atoms with Gasteiger partial charge in [-0.15, -0.1) is 0 Å². The first kappa shape index (κ1) is 15.0. The van der Waals surface area contributed by atoms with Crippen LogP contribution in [-0.2, 0) is 0 Å². The minimum absolute atomic E-state index is 0.00581. The van der Waals surface area contributed by atoms with Gasteiger partial charge in [0.2, 0.25) is 0 Å². The number of alkyl halides is 2. The first-order valence-electron chi connectivity index (χ1n) is 5.89. The zero-order valence-corrected chi connectivity index (χ0v) is 11.5. The van der Waals surface area contributed by atoms with Crippen molar-refractivity contribution in [3.05, 3.63) is 23.2 Å². The molecule has 0 aliphatic rings. The number of nitrogens with one attached hydrogen (secondary N) is 1. The van der Waals surface area contributed by atoms with Crippen molar-refractivity contribution in [3.8, 4) is 5.75 Å². The lowest BCUT2D eigenvalue weighted by Crippen LogP contribution is -2.17. The summed E-state index contributed by atoms with van der Waals surface area (Å²) in [5.74, 6) is 0.582. The molecule has 1 aromatic carbocycles. The highest BCUT2D eigenvalue weighted by Crippen LogP contribution is 2.29. The predicted molar refractivity (Wildman–Crippen MR) is 70.6 cm³/mol. The molecule has 1 unspecified atom stereocenters. The Morgan fingerprint density at radius 1 is 1.28 bits per heavy atom. The molecule has 1 N–H and O–H groups in total. The molecular weight excluding hydrogens is 260 g/mol. The number of rotatable bonds is 6. The van der Waals surface area contributed by atoms with Crippen molar-refractivity contribution < 1.29 is 13.5 Å². The quantitative estimate of drug-likeness (QED) is 0.807. The summed E-state index contributed by atoms with van der Waals surface area (Å²) >= 11 is 5.86. The van der Waals surface area contributed by atoms with Crippen LogP contribution in [0, 0.1) is 5.92 Å². The molecule has 0 aromatic heterocycles. The van der Waals surface area contributed by atoms with Gasteiger partial charge in [0.1, 0.15) is 5.75 Å². The van der Waals surface area contributed by atoms with E-state index in [9.17, 15) is 8.78 Å². The fourth-order valence-corrected chi connectivity index (χ4v) is 2.06. The van der Waals surface area contributed by atoms with E-state index >= 15 is 0 Å². The zero-order chi connectivity index (χ0) is 13.7. The minimum Gasteiger partial charge on any atom is -0.433 e. The van der Waals surface area contributed by atoms with Gasteiger partial charge in [-0.2, -0.15) is 8.78 Å². The molecule has 0 aliphatic carbocycles. The van der Waals surface area contributed by atoms with Crippen LogP contribution in [0.25, 0.3) is 0 Å². The summed E-state index contributed by atoms with van der Waals surface area (Å²) in [6.07, 6.45) is 1.02. The Kier molecular flexibility index (Phi) is 5.66. The monoisotopic (exact) mass is 277 g/mol. The number of benzene rings is 1. The van der Waals surface area contributed by atoms with Gasteiger partial charge in [0.05, 0.1) is 5.02 Å². The number of anilines is 1. The lowest BCUT2D eigenvalue weighted by atomic mass is 10.1. The average molecular weight is 278 g/mol. The third-order valence-electron chi connectivity index (χ3n) is 2.39. The highest BCUT2D eigenvalue weighted by Gasteiger charge is 2.10. The van der Waals surface area contributed by atoms with Crippen molar-refractivity contribution in [1.82, 2.24) is 0 Å². The molecule has 1 atom stereocenters. The molecule has 0 bridgehead atoms. The normalized spacial score (nSPS) is 12.9. The van der Waals surface area contributed by atoms with E-state index < -0.39 is 6.61 Å². The zero-order valence-electron chi connectivity index (χ0n) is 10.7. The second-order valence-electron chi connectivity index (χ2n) is 4.70. The first-order valence-corrected chi connectivity index (χ1v) is 6.27. The van der Waals surface area contributed by atoms with Crippen LogP contribution in [0.1, 0.15) is 27.2 Å². The Bertz CT molecular complexity index is 385. The summed E-state index contributed by atoms with van der Waals surface area (Å²) < 4.78 is 28.4.